The molecule has 3 rings (SSSR count). The normalized spacial score (nSPS) is 18.8. The van der Waals surface area contributed by atoms with Crippen LogP contribution in [-0.2, 0) is 14.8 Å². The van der Waals surface area contributed by atoms with Crippen molar-refractivity contribution in [2.75, 3.05) is 38.2 Å². The number of ether oxygens (including phenoxy) is 2. The fourth-order valence-corrected chi connectivity index (χ4v) is 5.42. The van der Waals surface area contributed by atoms with Gasteiger partial charge in [-0.15, -0.1) is 0 Å². The fourth-order valence-electron chi connectivity index (χ4n) is 3.61. The number of likely N-dealkylation sites (tertiary alicyclic amines) is 1. The topological polar surface area (TPSA) is 76.2 Å². The smallest absolute Gasteiger partial charge is 0.270 e. The van der Waals surface area contributed by atoms with Crippen LogP contribution in [0.2, 0.25) is 0 Å². The van der Waals surface area contributed by atoms with E-state index >= 15 is 0 Å². The highest BCUT2D eigenvalue weighted by molar-refractivity contribution is 7.97. The first-order valence-corrected chi connectivity index (χ1v) is 10.1. The van der Waals surface area contributed by atoms with Crippen molar-refractivity contribution in [3.05, 3.63) is 22.6 Å². The second kappa shape index (κ2) is 6.83. The number of nitrogens with zero attached hydrogens (tertiary/aromatic N) is 2. The summed E-state index contributed by atoms with van der Waals surface area (Å²) in [4.78, 5) is 14.5. The van der Waals surface area contributed by atoms with Gasteiger partial charge in [0, 0.05) is 31.3 Å². The number of fused-ring (bicyclic) bond motifs is 1. The predicted molar refractivity (Wildman–Crippen MR) is 99.9 cm³/mol. The van der Waals surface area contributed by atoms with Crippen LogP contribution in [0.4, 0.5) is 5.69 Å². The van der Waals surface area contributed by atoms with Crippen LogP contribution in [0.15, 0.2) is 17.0 Å². The number of carbonyl (C=O) groups is 1. The number of hydrogen-bond acceptors (Lipinski definition) is 5. The highest BCUT2D eigenvalue weighted by Gasteiger charge is 2.41. The monoisotopic (exact) mass is 380 g/mol. The van der Waals surface area contributed by atoms with Gasteiger partial charge in [0.05, 0.1) is 19.9 Å². The van der Waals surface area contributed by atoms with Gasteiger partial charge in [-0.25, -0.2) is 8.42 Å². The summed E-state index contributed by atoms with van der Waals surface area (Å²) in [6.07, 6.45) is 1.80. The Morgan fingerprint density at radius 2 is 1.69 bits per heavy atom. The lowest BCUT2D eigenvalue weighted by atomic mass is 10.0. The molecule has 26 heavy (non-hydrogen) atoms. The zero-order chi connectivity index (χ0) is 19.1. The molecule has 0 unspecified atom stereocenters. The molecule has 0 saturated carbocycles. The first kappa shape index (κ1) is 18.6. The molecular formula is C18H24N2O5S. The molecule has 0 atom stereocenters. The first-order chi connectivity index (χ1) is 12.4. The summed E-state index contributed by atoms with van der Waals surface area (Å²) in [5.74, 6) is 0.523. The lowest BCUT2D eigenvalue weighted by molar-refractivity contribution is -0.125. The maximum absolute atomic E-state index is 13.2. The van der Waals surface area contributed by atoms with Crippen molar-refractivity contribution >= 4 is 27.2 Å². The summed E-state index contributed by atoms with van der Waals surface area (Å²) in [5, 5.41) is 0. The van der Waals surface area contributed by atoms with Gasteiger partial charge in [-0.1, -0.05) is 0 Å². The zero-order valence-corrected chi connectivity index (χ0v) is 16.4. The number of methoxy groups -OCH3 is 2. The van der Waals surface area contributed by atoms with Crippen LogP contribution in [0.3, 0.4) is 0 Å². The highest BCUT2D eigenvalue weighted by atomic mass is 32.2. The van der Waals surface area contributed by atoms with E-state index in [0.29, 0.717) is 41.4 Å². The Hall–Kier alpha value is -2.22. The molecule has 8 heteroatoms. The zero-order valence-electron chi connectivity index (χ0n) is 15.5. The van der Waals surface area contributed by atoms with Gasteiger partial charge < -0.3 is 14.4 Å². The Bertz CT molecular complexity index is 870. The standard InChI is InChI=1S/C18H24N2O5S/c1-5-20-14-11-16(25-4)15(24-3)10-13(14)12(2)17(26(20,22)23)18(21)19-8-6-7-9-19/h10-11H,5-9H2,1-4H3. The van der Waals surface area contributed by atoms with E-state index in [-0.39, 0.29) is 11.4 Å². The molecule has 0 bridgehead atoms. The second-order valence-electron chi connectivity index (χ2n) is 6.35. The fraction of sp³-hybridized carbons (Fsp3) is 0.500. The van der Waals surface area contributed by atoms with Crippen LogP contribution in [-0.4, -0.2) is 53.1 Å². The summed E-state index contributed by atoms with van der Waals surface area (Å²) in [6.45, 7) is 4.83. The maximum Gasteiger partial charge on any atom is 0.270 e. The summed E-state index contributed by atoms with van der Waals surface area (Å²) < 4.78 is 38.4. The van der Waals surface area contributed by atoms with Crippen LogP contribution in [0.1, 0.15) is 32.3 Å². The number of amides is 1. The minimum atomic E-state index is -3.93. The molecule has 1 aromatic rings. The Labute approximate surface area is 154 Å². The summed E-state index contributed by atoms with van der Waals surface area (Å²) in [6, 6.07) is 3.38. The maximum atomic E-state index is 13.2. The van der Waals surface area contributed by atoms with Gasteiger partial charge >= 0.3 is 0 Å². The minimum Gasteiger partial charge on any atom is -0.493 e. The van der Waals surface area contributed by atoms with Crippen LogP contribution in [0, 0.1) is 0 Å². The SMILES string of the molecule is CCN1c2cc(OC)c(OC)cc2C(C)=C(C(=O)N2CCCC2)S1(=O)=O. The quantitative estimate of drug-likeness (QED) is 0.801. The molecule has 0 radical (unpaired) electrons. The van der Waals surface area contributed by atoms with E-state index in [1.54, 1.807) is 30.9 Å². The molecule has 1 aromatic carbocycles. The third-order valence-corrected chi connectivity index (χ3v) is 6.97. The van der Waals surface area contributed by atoms with Crippen LogP contribution < -0.4 is 13.8 Å². The van der Waals surface area contributed by atoms with Gasteiger partial charge in [0.1, 0.15) is 0 Å². The van der Waals surface area contributed by atoms with Gasteiger partial charge in [0.2, 0.25) is 0 Å². The minimum absolute atomic E-state index is 0.138. The molecule has 1 fully saturated rings. The molecular weight excluding hydrogens is 356 g/mol. The average Bonchev–Trinajstić information content (AvgIpc) is 3.15. The number of anilines is 1. The second-order valence-corrected chi connectivity index (χ2v) is 8.15. The van der Waals surface area contributed by atoms with Crippen molar-refractivity contribution < 1.29 is 22.7 Å². The molecule has 2 aliphatic heterocycles. The van der Waals surface area contributed by atoms with Gasteiger partial charge in [-0.05, 0) is 38.3 Å². The van der Waals surface area contributed by atoms with E-state index in [1.165, 1.54) is 18.5 Å². The molecule has 2 aliphatic rings. The third-order valence-electron chi connectivity index (χ3n) is 4.94. The molecule has 2 heterocycles. The molecule has 0 N–H and O–H groups in total. The summed E-state index contributed by atoms with van der Waals surface area (Å²) in [5.41, 5.74) is 1.62. The Kier molecular flexibility index (Phi) is 4.88. The highest BCUT2D eigenvalue weighted by Crippen LogP contribution is 2.45. The van der Waals surface area contributed by atoms with Gasteiger partial charge in [-0.2, -0.15) is 0 Å². The molecule has 7 nitrogen and oxygen atoms in total. The number of rotatable bonds is 4. The van der Waals surface area contributed by atoms with Gasteiger partial charge in [-0.3, -0.25) is 9.10 Å². The molecule has 1 saturated heterocycles. The van der Waals surface area contributed by atoms with Crippen LogP contribution >= 0.6 is 0 Å². The van der Waals surface area contributed by atoms with E-state index in [4.69, 9.17) is 9.47 Å². The van der Waals surface area contributed by atoms with Crippen molar-refractivity contribution in [2.45, 2.75) is 26.7 Å². The molecule has 0 aromatic heterocycles. The van der Waals surface area contributed by atoms with Crippen LogP contribution in [0.5, 0.6) is 11.5 Å². The van der Waals surface area contributed by atoms with Crippen molar-refractivity contribution in [3.63, 3.8) is 0 Å². The lowest BCUT2D eigenvalue weighted by Crippen LogP contribution is -2.42. The van der Waals surface area contributed by atoms with Crippen molar-refractivity contribution in [2.24, 2.45) is 0 Å². The van der Waals surface area contributed by atoms with Crippen molar-refractivity contribution in [1.82, 2.24) is 4.90 Å². The number of sulfonamides is 1. The number of hydrogen-bond donors (Lipinski definition) is 0. The van der Waals surface area contributed by atoms with E-state index in [0.717, 1.165) is 12.8 Å². The largest absolute Gasteiger partial charge is 0.493 e. The molecule has 0 aliphatic carbocycles. The molecule has 0 spiro atoms. The lowest BCUT2D eigenvalue weighted by Gasteiger charge is -2.33. The number of carbonyl (C=O) groups excluding carboxylic acids is 1. The molecule has 142 valence electrons. The summed E-state index contributed by atoms with van der Waals surface area (Å²) >= 11 is 0. The van der Waals surface area contributed by atoms with Crippen molar-refractivity contribution in [1.29, 1.82) is 0 Å². The van der Waals surface area contributed by atoms with E-state index in [9.17, 15) is 13.2 Å². The third kappa shape index (κ3) is 2.72. The van der Waals surface area contributed by atoms with Crippen LogP contribution in [0.25, 0.3) is 5.57 Å². The Morgan fingerprint density at radius 3 is 2.23 bits per heavy atom. The van der Waals surface area contributed by atoms with Gasteiger partial charge in [0.15, 0.2) is 16.4 Å². The van der Waals surface area contributed by atoms with E-state index in [2.05, 4.69) is 0 Å². The number of allylic oxidation sites excluding steroid dienone is 1. The predicted octanol–water partition coefficient (Wildman–Crippen LogP) is 2.23. The Balaban J connectivity index is 2.25. The van der Waals surface area contributed by atoms with E-state index in [1.807, 2.05) is 0 Å². The Morgan fingerprint density at radius 1 is 1.12 bits per heavy atom. The van der Waals surface area contributed by atoms with Crippen molar-refractivity contribution in [3.8, 4) is 11.5 Å². The van der Waals surface area contributed by atoms with E-state index < -0.39 is 15.9 Å². The average molecular weight is 380 g/mol. The summed E-state index contributed by atoms with van der Waals surface area (Å²) in [7, 11) is -0.905. The molecule has 1 amide bonds. The number of benzene rings is 1. The first-order valence-electron chi connectivity index (χ1n) is 8.66. The van der Waals surface area contributed by atoms with Gasteiger partial charge in [0.25, 0.3) is 15.9 Å².